The number of likely N-dealkylation sites (tertiary alicyclic amines) is 1. The predicted molar refractivity (Wildman–Crippen MR) is 113 cm³/mol. The van der Waals surface area contributed by atoms with Crippen molar-refractivity contribution in [1.82, 2.24) is 24.2 Å². The molecule has 5 rings (SSSR count). The van der Waals surface area contributed by atoms with Crippen molar-refractivity contribution in [2.45, 2.75) is 32.4 Å². The second-order valence-corrected chi connectivity index (χ2v) is 8.33. The summed E-state index contributed by atoms with van der Waals surface area (Å²) in [6.45, 7) is 3.90. The maximum absolute atomic E-state index is 13.0. The van der Waals surface area contributed by atoms with E-state index in [-0.39, 0.29) is 29.8 Å². The molecule has 8 heteroatoms. The summed E-state index contributed by atoms with van der Waals surface area (Å²) in [4.78, 5) is 31.9. The van der Waals surface area contributed by atoms with E-state index in [1.54, 1.807) is 29.2 Å². The van der Waals surface area contributed by atoms with E-state index >= 15 is 0 Å². The summed E-state index contributed by atoms with van der Waals surface area (Å²) in [5.41, 5.74) is 9.57. The van der Waals surface area contributed by atoms with Crippen LogP contribution in [-0.2, 0) is 17.9 Å². The summed E-state index contributed by atoms with van der Waals surface area (Å²) < 4.78 is 3.44. The first-order valence-electron chi connectivity index (χ1n) is 10.2. The van der Waals surface area contributed by atoms with Gasteiger partial charge in [0.05, 0.1) is 5.69 Å². The second kappa shape index (κ2) is 7.12. The first kappa shape index (κ1) is 18.6. The van der Waals surface area contributed by atoms with E-state index in [0.29, 0.717) is 25.5 Å². The number of piperidine rings is 1. The Hall–Kier alpha value is -3.42. The van der Waals surface area contributed by atoms with E-state index in [1.807, 2.05) is 28.5 Å². The third kappa shape index (κ3) is 3.28. The molecule has 0 aromatic carbocycles. The minimum atomic E-state index is 0.0127. The van der Waals surface area contributed by atoms with Gasteiger partial charge in [0.2, 0.25) is 5.91 Å². The second-order valence-electron chi connectivity index (χ2n) is 8.33. The summed E-state index contributed by atoms with van der Waals surface area (Å²) in [6, 6.07) is 9.36. The van der Waals surface area contributed by atoms with Crippen LogP contribution >= 0.6 is 0 Å². The standard InChI is InChI=1S/C22H24N6O2/c1-14-5-20(23)28(25-14)13-22(30)26-10-15-6-18(12-26)19-7-17(8-21(29)27(19)11-15)16-3-2-4-24-9-16/h2-5,7-9,15,18H,6,10-13,23H2,1H3/t15-,18+/m0/s1. The number of aryl methyl sites for hydroxylation is 1. The molecular formula is C22H24N6O2. The molecule has 0 spiro atoms. The maximum atomic E-state index is 13.0. The Bertz CT molecular complexity index is 1170. The summed E-state index contributed by atoms with van der Waals surface area (Å²) in [7, 11) is 0. The molecule has 2 aliphatic rings. The van der Waals surface area contributed by atoms with E-state index < -0.39 is 0 Å². The summed E-state index contributed by atoms with van der Waals surface area (Å²) in [5.74, 6) is 0.927. The van der Waals surface area contributed by atoms with Gasteiger partial charge in [-0.1, -0.05) is 6.07 Å². The van der Waals surface area contributed by atoms with Crippen molar-refractivity contribution >= 4 is 11.7 Å². The smallest absolute Gasteiger partial charge is 0.251 e. The Morgan fingerprint density at radius 1 is 1.20 bits per heavy atom. The van der Waals surface area contributed by atoms with Gasteiger partial charge in [-0.3, -0.25) is 14.6 Å². The quantitative estimate of drug-likeness (QED) is 0.716. The van der Waals surface area contributed by atoms with Crippen LogP contribution in [0.25, 0.3) is 11.1 Å². The Balaban J connectivity index is 1.42. The van der Waals surface area contributed by atoms with E-state index in [9.17, 15) is 9.59 Å². The monoisotopic (exact) mass is 404 g/mol. The molecule has 0 aliphatic carbocycles. The number of anilines is 1. The molecule has 0 saturated carbocycles. The first-order valence-corrected chi connectivity index (χ1v) is 10.2. The number of nitrogens with two attached hydrogens (primary N) is 1. The zero-order valence-corrected chi connectivity index (χ0v) is 16.9. The van der Waals surface area contributed by atoms with Crippen LogP contribution in [0.4, 0.5) is 5.82 Å². The van der Waals surface area contributed by atoms with Crippen molar-refractivity contribution in [3.8, 4) is 11.1 Å². The molecular weight excluding hydrogens is 380 g/mol. The number of aromatic nitrogens is 4. The predicted octanol–water partition coefficient (Wildman–Crippen LogP) is 1.64. The van der Waals surface area contributed by atoms with Crippen molar-refractivity contribution in [1.29, 1.82) is 0 Å². The van der Waals surface area contributed by atoms with Gasteiger partial charge in [-0.2, -0.15) is 5.10 Å². The zero-order chi connectivity index (χ0) is 20.8. The van der Waals surface area contributed by atoms with Gasteiger partial charge in [0.25, 0.3) is 5.56 Å². The molecule has 8 nitrogen and oxygen atoms in total. The van der Waals surface area contributed by atoms with E-state index in [2.05, 4.69) is 16.1 Å². The van der Waals surface area contributed by atoms with Gasteiger partial charge < -0.3 is 15.2 Å². The number of amides is 1. The number of hydrogen-bond acceptors (Lipinski definition) is 5. The van der Waals surface area contributed by atoms with Gasteiger partial charge in [0, 0.05) is 61.3 Å². The van der Waals surface area contributed by atoms with Crippen LogP contribution in [0.15, 0.2) is 47.5 Å². The fourth-order valence-electron chi connectivity index (χ4n) is 4.78. The highest BCUT2D eigenvalue weighted by atomic mass is 16.2. The van der Waals surface area contributed by atoms with Crippen LogP contribution in [-0.4, -0.2) is 43.2 Å². The molecule has 30 heavy (non-hydrogen) atoms. The Kier molecular flexibility index (Phi) is 4.42. The van der Waals surface area contributed by atoms with Gasteiger partial charge in [-0.15, -0.1) is 0 Å². The van der Waals surface area contributed by atoms with Crippen molar-refractivity contribution < 1.29 is 4.79 Å². The number of fused-ring (bicyclic) bond motifs is 4. The molecule has 2 bridgehead atoms. The van der Waals surface area contributed by atoms with Crippen LogP contribution in [0.5, 0.6) is 0 Å². The lowest BCUT2D eigenvalue weighted by molar-refractivity contribution is -0.134. The first-order chi connectivity index (χ1) is 14.5. The molecule has 1 fully saturated rings. The van der Waals surface area contributed by atoms with Crippen LogP contribution in [0.2, 0.25) is 0 Å². The number of nitrogen functional groups attached to an aromatic ring is 1. The molecule has 0 unspecified atom stereocenters. The number of pyridine rings is 2. The summed E-state index contributed by atoms with van der Waals surface area (Å²) in [5, 5.41) is 4.30. The molecule has 0 radical (unpaired) electrons. The Morgan fingerprint density at radius 3 is 2.80 bits per heavy atom. The van der Waals surface area contributed by atoms with E-state index in [0.717, 1.165) is 28.9 Å². The Morgan fingerprint density at radius 2 is 2.07 bits per heavy atom. The van der Waals surface area contributed by atoms with Crippen molar-refractivity contribution in [3.05, 3.63) is 64.5 Å². The average Bonchev–Trinajstić information content (AvgIpc) is 3.05. The van der Waals surface area contributed by atoms with Gasteiger partial charge in [0.15, 0.2) is 0 Å². The van der Waals surface area contributed by atoms with Crippen LogP contribution in [0.3, 0.4) is 0 Å². The topological polar surface area (TPSA) is 99.0 Å². The molecule has 2 aliphatic heterocycles. The lowest BCUT2D eigenvalue weighted by Gasteiger charge is -2.43. The molecule has 3 aromatic heterocycles. The minimum absolute atomic E-state index is 0.0127. The number of nitrogens with zero attached hydrogens (tertiary/aromatic N) is 5. The fourth-order valence-corrected chi connectivity index (χ4v) is 4.78. The molecule has 154 valence electrons. The van der Waals surface area contributed by atoms with E-state index in [4.69, 9.17) is 5.73 Å². The van der Waals surface area contributed by atoms with Gasteiger partial charge in [-0.25, -0.2) is 4.68 Å². The SMILES string of the molecule is Cc1cc(N)n(CC(=O)N2C[C@@H]3C[C@H](C2)c2cc(-c4cccnc4)cc(=O)n2C3)n1. The minimum Gasteiger partial charge on any atom is -0.384 e. The van der Waals surface area contributed by atoms with Gasteiger partial charge >= 0.3 is 0 Å². The van der Waals surface area contributed by atoms with Crippen LogP contribution in [0.1, 0.15) is 23.7 Å². The van der Waals surface area contributed by atoms with Gasteiger partial charge in [-0.05, 0) is 37.0 Å². The largest absolute Gasteiger partial charge is 0.384 e. The number of carbonyl (C=O) groups is 1. The molecule has 3 aromatic rings. The van der Waals surface area contributed by atoms with Gasteiger partial charge in [0.1, 0.15) is 12.4 Å². The molecule has 1 amide bonds. The fraction of sp³-hybridized carbons (Fsp3) is 0.364. The third-order valence-electron chi connectivity index (χ3n) is 6.12. The molecule has 2 atom stereocenters. The lowest BCUT2D eigenvalue weighted by Crippen LogP contribution is -2.50. The summed E-state index contributed by atoms with van der Waals surface area (Å²) in [6.07, 6.45) is 4.48. The van der Waals surface area contributed by atoms with Crippen LogP contribution in [0, 0.1) is 12.8 Å². The van der Waals surface area contributed by atoms with Crippen molar-refractivity contribution in [2.24, 2.45) is 5.92 Å². The van der Waals surface area contributed by atoms with E-state index in [1.165, 1.54) is 0 Å². The average molecular weight is 404 g/mol. The maximum Gasteiger partial charge on any atom is 0.251 e. The Labute approximate surface area is 173 Å². The molecule has 1 saturated heterocycles. The number of carbonyl (C=O) groups excluding carboxylic acids is 1. The highest BCUT2D eigenvalue weighted by molar-refractivity contribution is 5.76. The highest BCUT2D eigenvalue weighted by Crippen LogP contribution is 2.36. The third-order valence-corrected chi connectivity index (χ3v) is 6.12. The number of rotatable bonds is 3. The van der Waals surface area contributed by atoms with Crippen molar-refractivity contribution in [2.75, 3.05) is 18.8 Å². The normalized spacial score (nSPS) is 20.1. The lowest BCUT2D eigenvalue weighted by atomic mass is 9.82. The zero-order valence-electron chi connectivity index (χ0n) is 16.9. The van der Waals surface area contributed by atoms with Crippen molar-refractivity contribution in [3.63, 3.8) is 0 Å². The molecule has 5 heterocycles. The number of hydrogen-bond donors (Lipinski definition) is 1. The molecule has 2 N–H and O–H groups in total. The summed E-state index contributed by atoms with van der Waals surface area (Å²) >= 11 is 0. The van der Waals surface area contributed by atoms with Crippen LogP contribution < -0.4 is 11.3 Å². The highest BCUT2D eigenvalue weighted by Gasteiger charge is 2.36.